The fraction of sp³-hybridized carbons (Fsp3) is 1.00. The predicted molar refractivity (Wildman–Crippen MR) is 64.9 cm³/mol. The molecule has 0 aromatic carbocycles. The number of nitrogens with one attached hydrogen (secondary N) is 2. The van der Waals surface area contributed by atoms with Crippen LogP contribution < -0.4 is 10.0 Å². The van der Waals surface area contributed by atoms with Crippen LogP contribution in [0.3, 0.4) is 0 Å². The van der Waals surface area contributed by atoms with Gasteiger partial charge in [-0.3, -0.25) is 0 Å². The average Bonchev–Trinajstić information content (AvgIpc) is 2.17. The van der Waals surface area contributed by atoms with Crippen LogP contribution in [0.5, 0.6) is 0 Å². The zero-order valence-corrected chi connectivity index (χ0v) is 11.0. The van der Waals surface area contributed by atoms with Crippen LogP contribution in [0.1, 0.15) is 26.7 Å². The summed E-state index contributed by atoms with van der Waals surface area (Å²) < 4.78 is 25.2. The minimum Gasteiger partial charge on any atom is -0.317 e. The molecule has 0 radical (unpaired) electrons. The third kappa shape index (κ3) is 5.15. The fourth-order valence-corrected chi connectivity index (χ4v) is 2.37. The van der Waals surface area contributed by atoms with E-state index in [2.05, 4.69) is 17.0 Å². The first-order valence-corrected chi connectivity index (χ1v) is 6.81. The van der Waals surface area contributed by atoms with Crippen LogP contribution in [-0.4, -0.2) is 33.8 Å². The van der Waals surface area contributed by atoms with E-state index in [9.17, 15) is 8.42 Å². The molecule has 0 atom stereocenters. The van der Waals surface area contributed by atoms with Gasteiger partial charge in [0.1, 0.15) is 0 Å². The number of piperidine rings is 1. The standard InChI is InChI=1S/C9H20N2O2S.ClH/c1-3-14(12,13)11-8-9(2)4-6-10-7-5-9;/h10-11H,3-8H2,1-2H3;1H. The van der Waals surface area contributed by atoms with Crippen molar-refractivity contribution in [3.63, 3.8) is 0 Å². The molecule has 0 aliphatic carbocycles. The van der Waals surface area contributed by atoms with Crippen molar-refractivity contribution >= 4 is 22.4 Å². The maximum absolute atomic E-state index is 11.3. The van der Waals surface area contributed by atoms with Gasteiger partial charge in [-0.2, -0.15) is 0 Å². The second-order valence-electron chi connectivity index (χ2n) is 4.29. The molecular weight excluding hydrogens is 236 g/mol. The van der Waals surface area contributed by atoms with Crippen LogP contribution in [0.15, 0.2) is 0 Å². The quantitative estimate of drug-likeness (QED) is 0.780. The number of rotatable bonds is 4. The lowest BCUT2D eigenvalue weighted by molar-refractivity contribution is 0.232. The van der Waals surface area contributed by atoms with Gasteiger partial charge < -0.3 is 5.32 Å². The van der Waals surface area contributed by atoms with E-state index in [-0.39, 0.29) is 23.6 Å². The van der Waals surface area contributed by atoms with E-state index in [1.54, 1.807) is 6.92 Å². The van der Waals surface area contributed by atoms with E-state index in [0.717, 1.165) is 25.9 Å². The minimum atomic E-state index is -3.03. The van der Waals surface area contributed by atoms with Crippen LogP contribution in [-0.2, 0) is 10.0 Å². The lowest BCUT2D eigenvalue weighted by Crippen LogP contribution is -2.43. The van der Waals surface area contributed by atoms with Gasteiger partial charge >= 0.3 is 0 Å². The van der Waals surface area contributed by atoms with Gasteiger partial charge in [0.05, 0.1) is 5.75 Å². The molecule has 6 heteroatoms. The van der Waals surface area contributed by atoms with Crippen molar-refractivity contribution in [3.05, 3.63) is 0 Å². The highest BCUT2D eigenvalue weighted by atomic mass is 35.5. The Hall–Kier alpha value is 0.160. The van der Waals surface area contributed by atoms with E-state index in [4.69, 9.17) is 0 Å². The molecule has 4 nitrogen and oxygen atoms in total. The van der Waals surface area contributed by atoms with E-state index >= 15 is 0 Å². The first-order valence-electron chi connectivity index (χ1n) is 5.15. The van der Waals surface area contributed by atoms with Gasteiger partial charge in [-0.05, 0) is 38.3 Å². The number of hydrogen-bond acceptors (Lipinski definition) is 3. The van der Waals surface area contributed by atoms with Crippen LogP contribution in [0, 0.1) is 5.41 Å². The Morgan fingerprint density at radius 1 is 1.33 bits per heavy atom. The molecule has 0 bridgehead atoms. The fourth-order valence-electron chi connectivity index (χ4n) is 1.59. The molecule has 1 saturated heterocycles. The summed E-state index contributed by atoms with van der Waals surface area (Å²) in [5.74, 6) is 0.168. The van der Waals surface area contributed by atoms with Crippen molar-refractivity contribution in [3.8, 4) is 0 Å². The zero-order chi connectivity index (χ0) is 10.7. The third-order valence-corrected chi connectivity index (χ3v) is 4.25. The van der Waals surface area contributed by atoms with Gasteiger partial charge in [0, 0.05) is 6.54 Å². The lowest BCUT2D eigenvalue weighted by Gasteiger charge is -2.33. The molecule has 2 N–H and O–H groups in total. The molecule has 0 aromatic heterocycles. The summed E-state index contributed by atoms with van der Waals surface area (Å²) in [6.07, 6.45) is 2.08. The van der Waals surface area contributed by atoms with Crippen LogP contribution >= 0.6 is 12.4 Å². The summed E-state index contributed by atoms with van der Waals surface area (Å²) in [7, 11) is -3.03. The van der Waals surface area contributed by atoms with Gasteiger partial charge in [0.2, 0.25) is 10.0 Å². The van der Waals surface area contributed by atoms with Gasteiger partial charge in [0.25, 0.3) is 0 Å². The summed E-state index contributed by atoms with van der Waals surface area (Å²) in [5.41, 5.74) is 0.132. The maximum atomic E-state index is 11.3. The highest BCUT2D eigenvalue weighted by Crippen LogP contribution is 2.26. The maximum Gasteiger partial charge on any atom is 0.211 e. The Kier molecular flexibility index (Phi) is 6.10. The van der Waals surface area contributed by atoms with E-state index < -0.39 is 10.0 Å². The Morgan fingerprint density at radius 3 is 2.33 bits per heavy atom. The highest BCUT2D eigenvalue weighted by Gasteiger charge is 2.27. The first-order chi connectivity index (χ1) is 6.47. The predicted octanol–water partition coefficient (Wildman–Crippen LogP) is 0.737. The molecule has 0 aromatic rings. The van der Waals surface area contributed by atoms with Crippen molar-refractivity contribution in [1.29, 1.82) is 0 Å². The average molecular weight is 257 g/mol. The molecule has 15 heavy (non-hydrogen) atoms. The van der Waals surface area contributed by atoms with Crippen molar-refractivity contribution in [2.24, 2.45) is 5.41 Å². The van der Waals surface area contributed by atoms with E-state index in [1.165, 1.54) is 0 Å². The Bertz CT molecular complexity index is 274. The smallest absolute Gasteiger partial charge is 0.211 e. The lowest BCUT2D eigenvalue weighted by atomic mass is 9.81. The van der Waals surface area contributed by atoms with Gasteiger partial charge in [0.15, 0.2) is 0 Å². The molecule has 1 rings (SSSR count). The summed E-state index contributed by atoms with van der Waals surface area (Å²) in [5, 5.41) is 3.27. The molecule has 1 aliphatic rings. The summed E-state index contributed by atoms with van der Waals surface area (Å²) in [6.45, 7) is 6.36. The highest BCUT2D eigenvalue weighted by molar-refractivity contribution is 7.89. The van der Waals surface area contributed by atoms with Gasteiger partial charge in [-0.1, -0.05) is 6.92 Å². The normalized spacial score (nSPS) is 20.7. The van der Waals surface area contributed by atoms with Gasteiger partial charge in [-0.25, -0.2) is 13.1 Å². The first kappa shape index (κ1) is 15.2. The molecule has 0 amide bonds. The van der Waals surface area contributed by atoms with Crippen molar-refractivity contribution in [2.75, 3.05) is 25.4 Å². The molecular formula is C9H21ClN2O2S. The van der Waals surface area contributed by atoms with Crippen molar-refractivity contribution in [1.82, 2.24) is 10.0 Å². The second kappa shape index (κ2) is 6.03. The largest absolute Gasteiger partial charge is 0.317 e. The summed E-state index contributed by atoms with van der Waals surface area (Å²) >= 11 is 0. The molecule has 1 fully saturated rings. The van der Waals surface area contributed by atoms with Gasteiger partial charge in [-0.15, -0.1) is 12.4 Å². The number of hydrogen-bond donors (Lipinski definition) is 2. The number of halogens is 1. The molecule has 0 saturated carbocycles. The van der Waals surface area contributed by atoms with Crippen molar-refractivity contribution in [2.45, 2.75) is 26.7 Å². The summed E-state index contributed by atoms with van der Waals surface area (Å²) in [4.78, 5) is 0. The Balaban J connectivity index is 0.00000196. The molecule has 0 unspecified atom stereocenters. The molecule has 92 valence electrons. The summed E-state index contributed by atoms with van der Waals surface area (Å²) in [6, 6.07) is 0. The van der Waals surface area contributed by atoms with E-state index in [1.807, 2.05) is 0 Å². The Labute approximate surface area is 98.7 Å². The third-order valence-electron chi connectivity index (χ3n) is 2.91. The van der Waals surface area contributed by atoms with E-state index in [0.29, 0.717) is 6.54 Å². The minimum absolute atomic E-state index is 0. The van der Waals surface area contributed by atoms with Crippen LogP contribution in [0.2, 0.25) is 0 Å². The second-order valence-corrected chi connectivity index (χ2v) is 6.38. The topological polar surface area (TPSA) is 58.2 Å². The Morgan fingerprint density at radius 2 is 1.87 bits per heavy atom. The monoisotopic (exact) mass is 256 g/mol. The SMILES string of the molecule is CCS(=O)(=O)NCC1(C)CCNCC1.Cl. The zero-order valence-electron chi connectivity index (χ0n) is 9.38. The molecule has 1 heterocycles. The van der Waals surface area contributed by atoms with Crippen LogP contribution in [0.25, 0.3) is 0 Å². The number of sulfonamides is 1. The molecule has 0 spiro atoms. The van der Waals surface area contributed by atoms with Crippen LogP contribution in [0.4, 0.5) is 0 Å². The molecule has 1 aliphatic heterocycles. The van der Waals surface area contributed by atoms with Crippen molar-refractivity contribution < 1.29 is 8.42 Å².